The number of halogens is 1. The summed E-state index contributed by atoms with van der Waals surface area (Å²) in [6.07, 6.45) is 7.06. The summed E-state index contributed by atoms with van der Waals surface area (Å²) in [7, 11) is 0. The first-order chi connectivity index (χ1) is 13.1. The van der Waals surface area contributed by atoms with E-state index in [2.05, 4.69) is 29.3 Å². The SMILES string of the molecule is NC(=O)Cc1ccc(CC2=CN(c3cccc(Cl)c3)CC3=C2CCC3)cc1. The molecule has 27 heavy (non-hydrogen) atoms. The predicted octanol–water partition coefficient (Wildman–Crippen LogP) is 4.79. The average molecular weight is 379 g/mol. The Hall–Kier alpha value is -2.52. The molecule has 1 heterocycles. The predicted molar refractivity (Wildman–Crippen MR) is 111 cm³/mol. The monoisotopic (exact) mass is 378 g/mol. The van der Waals surface area contributed by atoms with Crippen molar-refractivity contribution >= 4 is 23.2 Å². The first-order valence-corrected chi connectivity index (χ1v) is 9.76. The summed E-state index contributed by atoms with van der Waals surface area (Å²) in [4.78, 5) is 13.4. The molecule has 0 atom stereocenters. The third kappa shape index (κ3) is 4.09. The van der Waals surface area contributed by atoms with Gasteiger partial charge in [0.25, 0.3) is 0 Å². The van der Waals surface area contributed by atoms with E-state index < -0.39 is 0 Å². The van der Waals surface area contributed by atoms with E-state index >= 15 is 0 Å². The topological polar surface area (TPSA) is 46.3 Å². The van der Waals surface area contributed by atoms with E-state index in [0.29, 0.717) is 6.42 Å². The van der Waals surface area contributed by atoms with Crippen LogP contribution in [0.2, 0.25) is 5.02 Å². The summed E-state index contributed by atoms with van der Waals surface area (Å²) in [5.41, 5.74) is 13.1. The highest BCUT2D eigenvalue weighted by atomic mass is 35.5. The summed E-state index contributed by atoms with van der Waals surface area (Å²) < 4.78 is 0. The standard InChI is InChI=1S/C23H23ClN2O/c24-20-4-2-5-21(13-20)26-14-18-3-1-6-22(18)19(15-26)11-16-7-9-17(10-8-16)12-23(25)27/h2,4-5,7-10,13,15H,1,3,6,11-12,14H2,(H2,25,27). The van der Waals surface area contributed by atoms with E-state index in [9.17, 15) is 4.79 Å². The van der Waals surface area contributed by atoms with E-state index in [4.69, 9.17) is 17.3 Å². The number of primary amides is 1. The zero-order valence-electron chi connectivity index (χ0n) is 15.2. The van der Waals surface area contributed by atoms with Gasteiger partial charge in [-0.05, 0) is 71.7 Å². The van der Waals surface area contributed by atoms with Crippen LogP contribution in [0, 0.1) is 0 Å². The molecule has 0 bridgehead atoms. The van der Waals surface area contributed by atoms with E-state index in [1.54, 1.807) is 5.57 Å². The van der Waals surface area contributed by atoms with Crippen molar-refractivity contribution < 1.29 is 4.79 Å². The second-order valence-electron chi connectivity index (χ2n) is 7.33. The second kappa shape index (κ2) is 7.61. The number of nitrogens with two attached hydrogens (primary N) is 1. The molecule has 0 fully saturated rings. The molecule has 3 nitrogen and oxygen atoms in total. The molecule has 4 rings (SSSR count). The minimum atomic E-state index is -0.296. The zero-order valence-corrected chi connectivity index (χ0v) is 16.0. The molecule has 0 aromatic heterocycles. The maximum Gasteiger partial charge on any atom is 0.221 e. The van der Waals surface area contributed by atoms with Crippen molar-refractivity contribution in [2.24, 2.45) is 5.73 Å². The van der Waals surface area contributed by atoms with Crippen LogP contribution in [0.5, 0.6) is 0 Å². The normalized spacial score (nSPS) is 16.3. The molecule has 2 aromatic rings. The van der Waals surface area contributed by atoms with Gasteiger partial charge in [-0.2, -0.15) is 0 Å². The Morgan fingerprint density at radius 1 is 1.07 bits per heavy atom. The van der Waals surface area contributed by atoms with Crippen molar-refractivity contribution in [1.82, 2.24) is 0 Å². The van der Waals surface area contributed by atoms with Crippen molar-refractivity contribution in [3.8, 4) is 0 Å². The molecular formula is C23H23ClN2O. The van der Waals surface area contributed by atoms with Gasteiger partial charge in [0, 0.05) is 23.5 Å². The summed E-state index contributed by atoms with van der Waals surface area (Å²) in [5.74, 6) is -0.296. The molecule has 138 valence electrons. The lowest BCUT2D eigenvalue weighted by Crippen LogP contribution is -2.24. The third-order valence-corrected chi connectivity index (χ3v) is 5.56. The van der Waals surface area contributed by atoms with Crippen LogP contribution in [-0.4, -0.2) is 12.5 Å². The number of carbonyl (C=O) groups is 1. The molecule has 0 saturated carbocycles. The maximum absolute atomic E-state index is 11.1. The van der Waals surface area contributed by atoms with Gasteiger partial charge < -0.3 is 10.6 Å². The van der Waals surface area contributed by atoms with Crippen molar-refractivity contribution in [2.75, 3.05) is 11.4 Å². The lowest BCUT2D eigenvalue weighted by molar-refractivity contribution is -0.117. The highest BCUT2D eigenvalue weighted by molar-refractivity contribution is 6.30. The molecule has 0 spiro atoms. The van der Waals surface area contributed by atoms with Crippen LogP contribution >= 0.6 is 11.6 Å². The zero-order chi connectivity index (χ0) is 18.8. The number of hydrogen-bond acceptors (Lipinski definition) is 2. The molecule has 0 radical (unpaired) electrons. The first-order valence-electron chi connectivity index (χ1n) is 9.39. The summed E-state index contributed by atoms with van der Waals surface area (Å²) >= 11 is 6.20. The number of carbonyl (C=O) groups excluding carboxylic acids is 1. The molecular weight excluding hydrogens is 356 g/mol. The Kier molecular flexibility index (Phi) is 5.04. The minimum absolute atomic E-state index is 0.292. The van der Waals surface area contributed by atoms with Gasteiger partial charge in [-0.3, -0.25) is 4.79 Å². The Morgan fingerprint density at radius 3 is 2.59 bits per heavy atom. The van der Waals surface area contributed by atoms with Crippen molar-refractivity contribution in [1.29, 1.82) is 0 Å². The van der Waals surface area contributed by atoms with Gasteiger partial charge in [0.2, 0.25) is 5.91 Å². The number of anilines is 1. The van der Waals surface area contributed by atoms with Crippen LogP contribution in [0.3, 0.4) is 0 Å². The van der Waals surface area contributed by atoms with Crippen LogP contribution < -0.4 is 10.6 Å². The van der Waals surface area contributed by atoms with Gasteiger partial charge >= 0.3 is 0 Å². The second-order valence-corrected chi connectivity index (χ2v) is 7.77. The molecule has 1 aliphatic heterocycles. The van der Waals surface area contributed by atoms with Crippen LogP contribution in [0.1, 0.15) is 30.4 Å². The number of allylic oxidation sites excluding steroid dienone is 2. The number of benzene rings is 2. The number of hydrogen-bond donors (Lipinski definition) is 1. The van der Waals surface area contributed by atoms with Gasteiger partial charge in [-0.25, -0.2) is 0 Å². The lowest BCUT2D eigenvalue weighted by Gasteiger charge is -2.29. The molecule has 4 heteroatoms. The number of nitrogens with zero attached hydrogens (tertiary/aromatic N) is 1. The highest BCUT2D eigenvalue weighted by Gasteiger charge is 2.24. The van der Waals surface area contributed by atoms with Crippen LogP contribution in [0.25, 0.3) is 0 Å². The number of rotatable bonds is 5. The lowest BCUT2D eigenvalue weighted by atomic mass is 9.93. The van der Waals surface area contributed by atoms with Crippen LogP contribution in [0.15, 0.2) is 71.5 Å². The molecule has 2 aromatic carbocycles. The molecule has 2 aliphatic rings. The number of amides is 1. The van der Waals surface area contributed by atoms with Gasteiger partial charge in [0.15, 0.2) is 0 Å². The molecule has 1 amide bonds. The Bertz CT molecular complexity index is 928. The highest BCUT2D eigenvalue weighted by Crippen LogP contribution is 2.38. The van der Waals surface area contributed by atoms with Gasteiger partial charge in [0.1, 0.15) is 0 Å². The van der Waals surface area contributed by atoms with Crippen LogP contribution in [-0.2, 0) is 17.6 Å². The van der Waals surface area contributed by atoms with Crippen LogP contribution in [0.4, 0.5) is 5.69 Å². The molecule has 0 unspecified atom stereocenters. The van der Waals surface area contributed by atoms with Gasteiger partial charge in [-0.1, -0.05) is 41.9 Å². The summed E-state index contributed by atoms with van der Waals surface area (Å²) in [6, 6.07) is 16.3. The van der Waals surface area contributed by atoms with E-state index in [-0.39, 0.29) is 5.91 Å². The minimum Gasteiger partial charge on any atom is -0.369 e. The van der Waals surface area contributed by atoms with Crippen molar-refractivity contribution in [3.63, 3.8) is 0 Å². The fourth-order valence-electron chi connectivity index (χ4n) is 4.05. The fourth-order valence-corrected chi connectivity index (χ4v) is 4.24. The maximum atomic E-state index is 11.1. The fraction of sp³-hybridized carbons (Fsp3) is 0.261. The summed E-state index contributed by atoms with van der Waals surface area (Å²) in [5, 5.41) is 0.763. The van der Waals surface area contributed by atoms with Crippen molar-refractivity contribution in [3.05, 3.63) is 87.6 Å². The van der Waals surface area contributed by atoms with Crippen molar-refractivity contribution in [2.45, 2.75) is 32.1 Å². The molecule has 0 saturated heterocycles. The van der Waals surface area contributed by atoms with E-state index in [1.807, 2.05) is 30.3 Å². The van der Waals surface area contributed by atoms with E-state index in [1.165, 1.54) is 36.0 Å². The average Bonchev–Trinajstić information content (AvgIpc) is 3.12. The quantitative estimate of drug-likeness (QED) is 0.812. The largest absolute Gasteiger partial charge is 0.369 e. The van der Waals surface area contributed by atoms with Gasteiger partial charge in [-0.15, -0.1) is 0 Å². The molecule has 1 aliphatic carbocycles. The Labute approximate surface area is 165 Å². The van der Waals surface area contributed by atoms with Gasteiger partial charge in [0.05, 0.1) is 6.42 Å². The van der Waals surface area contributed by atoms with E-state index in [0.717, 1.165) is 29.2 Å². The smallest absolute Gasteiger partial charge is 0.221 e. The first kappa shape index (κ1) is 17.9. The third-order valence-electron chi connectivity index (χ3n) is 5.33. The molecule has 2 N–H and O–H groups in total. The Morgan fingerprint density at radius 2 is 1.85 bits per heavy atom. The summed E-state index contributed by atoms with van der Waals surface area (Å²) in [6.45, 7) is 0.955. The Balaban J connectivity index is 1.59.